The number of carbonyl (C=O) groups excluding carboxylic acids is 2. The molecule has 1 aromatic heterocycles. The van der Waals surface area contributed by atoms with E-state index in [0.717, 1.165) is 15.8 Å². The predicted octanol–water partition coefficient (Wildman–Crippen LogP) is 1.91. The summed E-state index contributed by atoms with van der Waals surface area (Å²) >= 11 is 0. The van der Waals surface area contributed by atoms with Crippen molar-refractivity contribution >= 4 is 17.5 Å². The fourth-order valence-electron chi connectivity index (χ4n) is 2.55. The number of aromatic nitrogens is 3. The maximum Gasteiger partial charge on any atom is 0.365 e. The molecule has 8 nitrogen and oxygen atoms in total. The van der Waals surface area contributed by atoms with E-state index in [1.54, 1.807) is 19.1 Å². The Morgan fingerprint density at radius 2 is 1.71 bits per heavy atom. The van der Waals surface area contributed by atoms with E-state index in [1.807, 2.05) is 31.2 Å². The van der Waals surface area contributed by atoms with Gasteiger partial charge in [-0.3, -0.25) is 9.59 Å². The lowest BCUT2D eigenvalue weighted by Crippen LogP contribution is -2.34. The minimum atomic E-state index is -0.872. The van der Waals surface area contributed by atoms with Crippen LogP contribution < -0.4 is 16.7 Å². The quantitative estimate of drug-likeness (QED) is 0.704. The number of carbonyl (C=O) groups is 2. The number of benzene rings is 2. The predicted molar refractivity (Wildman–Crippen MR) is 105 cm³/mol. The molecule has 1 heterocycles. The second-order valence-electron chi connectivity index (χ2n) is 6.34. The fraction of sp³-hybridized carbons (Fsp3) is 0.150. The van der Waals surface area contributed by atoms with Gasteiger partial charge in [-0.2, -0.15) is 10.1 Å². The molecule has 0 bridgehead atoms. The summed E-state index contributed by atoms with van der Waals surface area (Å²) in [5.74, 6) is -0.993. The molecule has 0 aliphatic carbocycles. The normalized spacial score (nSPS) is 11.6. The minimum Gasteiger partial charge on any atom is -0.366 e. The van der Waals surface area contributed by atoms with Crippen molar-refractivity contribution in [2.24, 2.45) is 5.73 Å². The van der Waals surface area contributed by atoms with Crippen LogP contribution in [-0.2, 0) is 4.79 Å². The van der Waals surface area contributed by atoms with Crippen LogP contribution in [0.1, 0.15) is 28.9 Å². The SMILES string of the molecule is Cc1ccc(-c2cnn(C(C)C(=O)Nc3ccc(C(N)=O)cc3)c(=O)n2)cc1. The van der Waals surface area contributed by atoms with E-state index in [1.165, 1.54) is 18.3 Å². The summed E-state index contributed by atoms with van der Waals surface area (Å²) in [7, 11) is 0. The summed E-state index contributed by atoms with van der Waals surface area (Å²) < 4.78 is 1.02. The van der Waals surface area contributed by atoms with Crippen LogP contribution in [0.5, 0.6) is 0 Å². The van der Waals surface area contributed by atoms with Gasteiger partial charge in [0.15, 0.2) is 0 Å². The smallest absolute Gasteiger partial charge is 0.365 e. The number of anilines is 1. The first-order valence-electron chi connectivity index (χ1n) is 8.59. The van der Waals surface area contributed by atoms with E-state index < -0.39 is 23.5 Å². The summed E-state index contributed by atoms with van der Waals surface area (Å²) in [5.41, 5.74) is 7.68. The third kappa shape index (κ3) is 4.12. The second-order valence-corrected chi connectivity index (χ2v) is 6.34. The number of nitrogens with zero attached hydrogens (tertiary/aromatic N) is 3. The van der Waals surface area contributed by atoms with Gasteiger partial charge in [0.25, 0.3) is 0 Å². The maximum atomic E-state index is 12.4. The van der Waals surface area contributed by atoms with Gasteiger partial charge >= 0.3 is 5.69 Å². The average Bonchev–Trinajstić information content (AvgIpc) is 2.68. The minimum absolute atomic E-state index is 0.333. The van der Waals surface area contributed by atoms with Crippen molar-refractivity contribution in [3.05, 3.63) is 76.3 Å². The molecular weight excluding hydrogens is 358 g/mol. The van der Waals surface area contributed by atoms with Crippen molar-refractivity contribution in [1.29, 1.82) is 0 Å². The van der Waals surface area contributed by atoms with Crippen LogP contribution in [0.2, 0.25) is 0 Å². The van der Waals surface area contributed by atoms with Gasteiger partial charge in [-0.15, -0.1) is 0 Å². The molecule has 2 aromatic carbocycles. The molecule has 3 rings (SSSR count). The second kappa shape index (κ2) is 7.83. The van der Waals surface area contributed by atoms with Crippen LogP contribution in [0.15, 0.2) is 59.5 Å². The molecule has 0 radical (unpaired) electrons. The summed E-state index contributed by atoms with van der Waals surface area (Å²) in [6.07, 6.45) is 1.46. The first-order valence-corrected chi connectivity index (χ1v) is 8.59. The number of aryl methyl sites for hydroxylation is 1. The van der Waals surface area contributed by atoms with Crippen LogP contribution >= 0.6 is 0 Å². The van der Waals surface area contributed by atoms with Crippen molar-refractivity contribution in [3.63, 3.8) is 0 Å². The van der Waals surface area contributed by atoms with Gasteiger partial charge in [0, 0.05) is 16.8 Å². The summed E-state index contributed by atoms with van der Waals surface area (Å²) in [5, 5.41) is 6.76. The zero-order valence-electron chi connectivity index (χ0n) is 15.4. The highest BCUT2D eigenvalue weighted by molar-refractivity contribution is 5.95. The third-order valence-electron chi connectivity index (χ3n) is 4.25. The molecule has 142 valence electrons. The lowest BCUT2D eigenvalue weighted by molar-refractivity contribution is -0.119. The van der Waals surface area contributed by atoms with Gasteiger partial charge in [0.1, 0.15) is 6.04 Å². The molecule has 3 N–H and O–H groups in total. The monoisotopic (exact) mass is 377 g/mol. The zero-order valence-corrected chi connectivity index (χ0v) is 15.4. The topological polar surface area (TPSA) is 120 Å². The Hall–Kier alpha value is -3.81. The van der Waals surface area contributed by atoms with Crippen LogP contribution in [0.25, 0.3) is 11.3 Å². The number of hydrogen-bond acceptors (Lipinski definition) is 5. The number of nitrogens with two attached hydrogens (primary N) is 1. The zero-order chi connectivity index (χ0) is 20.3. The lowest BCUT2D eigenvalue weighted by Gasteiger charge is -2.14. The van der Waals surface area contributed by atoms with Crippen molar-refractivity contribution in [2.45, 2.75) is 19.9 Å². The Morgan fingerprint density at radius 3 is 2.29 bits per heavy atom. The molecule has 3 aromatic rings. The van der Waals surface area contributed by atoms with E-state index >= 15 is 0 Å². The molecule has 8 heteroatoms. The molecule has 0 aliphatic rings. The van der Waals surface area contributed by atoms with E-state index in [4.69, 9.17) is 5.73 Å². The molecule has 0 spiro atoms. The van der Waals surface area contributed by atoms with E-state index in [9.17, 15) is 14.4 Å². The Labute approximate surface area is 161 Å². The highest BCUT2D eigenvalue weighted by Crippen LogP contribution is 2.16. The number of hydrogen-bond donors (Lipinski definition) is 2. The lowest BCUT2D eigenvalue weighted by atomic mass is 10.1. The molecule has 1 unspecified atom stereocenters. The standard InChI is InChI=1S/C20H19N5O3/c1-12-3-5-14(6-4-12)17-11-22-25(20(28)24-17)13(2)19(27)23-16-9-7-15(8-10-16)18(21)26/h3-11,13H,1-2H3,(H2,21,26)(H,23,27). The van der Waals surface area contributed by atoms with Gasteiger partial charge in [-0.25, -0.2) is 9.48 Å². The molecule has 2 amide bonds. The van der Waals surface area contributed by atoms with Crippen LogP contribution in [0.3, 0.4) is 0 Å². The Kier molecular flexibility index (Phi) is 5.30. The van der Waals surface area contributed by atoms with E-state index in [2.05, 4.69) is 15.4 Å². The molecular formula is C20H19N5O3. The first-order chi connectivity index (χ1) is 13.3. The molecule has 1 atom stereocenters. The highest BCUT2D eigenvalue weighted by atomic mass is 16.2. The Morgan fingerprint density at radius 1 is 1.07 bits per heavy atom. The number of primary amides is 1. The Bertz CT molecular complexity index is 1070. The summed E-state index contributed by atoms with van der Waals surface area (Å²) in [6, 6.07) is 12.8. The van der Waals surface area contributed by atoms with Gasteiger partial charge in [0.05, 0.1) is 11.9 Å². The molecule has 0 fully saturated rings. The van der Waals surface area contributed by atoms with Crippen molar-refractivity contribution < 1.29 is 9.59 Å². The number of amides is 2. The number of rotatable bonds is 5. The first kappa shape index (κ1) is 19.0. The van der Waals surface area contributed by atoms with Crippen LogP contribution in [-0.4, -0.2) is 26.6 Å². The van der Waals surface area contributed by atoms with Crippen molar-refractivity contribution in [2.75, 3.05) is 5.32 Å². The molecule has 28 heavy (non-hydrogen) atoms. The molecule has 0 aliphatic heterocycles. The Balaban J connectivity index is 1.76. The van der Waals surface area contributed by atoms with E-state index in [-0.39, 0.29) is 0 Å². The summed E-state index contributed by atoms with van der Waals surface area (Å²) in [6.45, 7) is 3.52. The fourth-order valence-corrected chi connectivity index (χ4v) is 2.55. The number of nitrogens with one attached hydrogen (secondary N) is 1. The van der Waals surface area contributed by atoms with E-state index in [0.29, 0.717) is 16.9 Å². The van der Waals surface area contributed by atoms with Gasteiger partial charge in [-0.1, -0.05) is 29.8 Å². The summed E-state index contributed by atoms with van der Waals surface area (Å²) in [4.78, 5) is 39.9. The highest BCUT2D eigenvalue weighted by Gasteiger charge is 2.18. The van der Waals surface area contributed by atoms with Crippen molar-refractivity contribution in [1.82, 2.24) is 14.8 Å². The maximum absolute atomic E-state index is 12.4. The van der Waals surface area contributed by atoms with Crippen LogP contribution in [0.4, 0.5) is 5.69 Å². The average molecular weight is 377 g/mol. The molecule has 0 saturated carbocycles. The van der Waals surface area contributed by atoms with Gasteiger partial charge in [-0.05, 0) is 38.1 Å². The van der Waals surface area contributed by atoms with Gasteiger partial charge < -0.3 is 11.1 Å². The largest absolute Gasteiger partial charge is 0.366 e. The van der Waals surface area contributed by atoms with Crippen LogP contribution in [0, 0.1) is 6.92 Å². The molecule has 0 saturated heterocycles. The van der Waals surface area contributed by atoms with Crippen molar-refractivity contribution in [3.8, 4) is 11.3 Å². The van der Waals surface area contributed by atoms with Gasteiger partial charge in [0.2, 0.25) is 11.8 Å². The third-order valence-corrected chi connectivity index (χ3v) is 4.25.